The molecule has 1 amide bonds. The number of hydrogen-bond donors (Lipinski definition) is 1. The predicted octanol–water partition coefficient (Wildman–Crippen LogP) is 3.09. The van der Waals surface area contributed by atoms with Crippen molar-refractivity contribution in [3.05, 3.63) is 47.4 Å². The molecule has 1 N–H and O–H groups in total. The van der Waals surface area contributed by atoms with Crippen molar-refractivity contribution in [2.24, 2.45) is 5.92 Å². The van der Waals surface area contributed by atoms with Crippen molar-refractivity contribution < 1.29 is 23.4 Å². The van der Waals surface area contributed by atoms with Crippen molar-refractivity contribution in [2.75, 3.05) is 41.0 Å². The number of carbonyl (C=O) groups is 1. The Hall–Kier alpha value is -2.51. The molecule has 7 nitrogen and oxygen atoms in total. The maximum absolute atomic E-state index is 12.7. The third kappa shape index (κ3) is 5.52. The number of amides is 1. The lowest BCUT2D eigenvalue weighted by molar-refractivity contribution is 0.0924. The van der Waals surface area contributed by atoms with E-state index in [4.69, 9.17) is 18.6 Å². The summed E-state index contributed by atoms with van der Waals surface area (Å²) >= 11 is 0. The second-order valence-electron chi connectivity index (χ2n) is 7.30. The van der Waals surface area contributed by atoms with E-state index in [2.05, 4.69) is 10.2 Å². The van der Waals surface area contributed by atoms with Gasteiger partial charge in [0, 0.05) is 20.2 Å². The fraction of sp³-hybridized carbons (Fsp3) is 0.500. The summed E-state index contributed by atoms with van der Waals surface area (Å²) in [4.78, 5) is 15.1. The minimum Gasteiger partial charge on any atom is -0.493 e. The van der Waals surface area contributed by atoms with Crippen molar-refractivity contribution >= 4 is 5.91 Å². The third-order valence-electron chi connectivity index (χ3n) is 5.19. The predicted molar refractivity (Wildman–Crippen MR) is 109 cm³/mol. The van der Waals surface area contributed by atoms with E-state index in [1.807, 2.05) is 12.1 Å². The number of benzene rings is 1. The molecule has 2 aromatic rings. The van der Waals surface area contributed by atoms with Crippen LogP contribution in [0.1, 0.15) is 34.7 Å². The summed E-state index contributed by atoms with van der Waals surface area (Å²) < 4.78 is 21.6. The lowest BCUT2D eigenvalue weighted by Crippen LogP contribution is -2.40. The molecule has 158 valence electrons. The molecule has 0 spiro atoms. The Morgan fingerprint density at radius 3 is 2.76 bits per heavy atom. The highest BCUT2D eigenvalue weighted by molar-refractivity contribution is 5.97. The van der Waals surface area contributed by atoms with E-state index < -0.39 is 0 Å². The highest BCUT2D eigenvalue weighted by atomic mass is 16.5. The van der Waals surface area contributed by atoms with Gasteiger partial charge in [-0.25, -0.2) is 0 Å². The van der Waals surface area contributed by atoms with Crippen molar-refractivity contribution in [1.82, 2.24) is 10.2 Å². The molecule has 29 heavy (non-hydrogen) atoms. The number of ether oxygens (including phenoxy) is 3. The summed E-state index contributed by atoms with van der Waals surface area (Å²) in [5, 5.41) is 3.06. The van der Waals surface area contributed by atoms with Gasteiger partial charge in [-0.2, -0.15) is 0 Å². The first-order valence-corrected chi connectivity index (χ1v) is 9.92. The monoisotopic (exact) mass is 402 g/mol. The van der Waals surface area contributed by atoms with Crippen LogP contribution >= 0.6 is 0 Å². The quantitative estimate of drug-likeness (QED) is 0.695. The summed E-state index contributed by atoms with van der Waals surface area (Å²) in [7, 11) is 4.76. The summed E-state index contributed by atoms with van der Waals surface area (Å²) in [5.41, 5.74) is 0.487. The van der Waals surface area contributed by atoms with Crippen LogP contribution in [-0.4, -0.2) is 51.8 Å². The van der Waals surface area contributed by atoms with Crippen molar-refractivity contribution in [3.63, 3.8) is 0 Å². The molecule has 1 fully saturated rings. The van der Waals surface area contributed by atoms with Gasteiger partial charge in [-0.3, -0.25) is 9.69 Å². The molecule has 0 bridgehead atoms. The largest absolute Gasteiger partial charge is 0.493 e. The van der Waals surface area contributed by atoms with Gasteiger partial charge in [0.15, 0.2) is 11.5 Å². The number of furan rings is 1. The molecule has 0 unspecified atom stereocenters. The van der Waals surface area contributed by atoms with Crippen molar-refractivity contribution in [1.29, 1.82) is 0 Å². The van der Waals surface area contributed by atoms with Gasteiger partial charge in [-0.05, 0) is 49.6 Å². The fourth-order valence-corrected chi connectivity index (χ4v) is 3.81. The Balaban J connectivity index is 1.53. The first-order chi connectivity index (χ1) is 14.1. The Labute approximate surface area is 171 Å². The highest BCUT2D eigenvalue weighted by Crippen LogP contribution is 2.30. The second-order valence-corrected chi connectivity index (χ2v) is 7.30. The lowest BCUT2D eigenvalue weighted by Gasteiger charge is -2.32. The molecule has 1 aliphatic rings. The Morgan fingerprint density at radius 1 is 1.17 bits per heavy atom. The number of methoxy groups -OCH3 is 3. The molecule has 0 radical (unpaired) electrons. The molecule has 0 saturated carbocycles. The first-order valence-electron chi connectivity index (χ1n) is 9.92. The summed E-state index contributed by atoms with van der Waals surface area (Å²) in [6, 6.07) is 9.29. The number of para-hydroxylation sites is 1. The molecule has 1 atom stereocenters. The zero-order chi connectivity index (χ0) is 20.6. The molecule has 7 heteroatoms. The van der Waals surface area contributed by atoms with Gasteiger partial charge in [-0.1, -0.05) is 6.07 Å². The smallest absolute Gasteiger partial charge is 0.255 e. The van der Waals surface area contributed by atoms with Gasteiger partial charge < -0.3 is 23.9 Å². The van der Waals surface area contributed by atoms with Crippen molar-refractivity contribution in [2.45, 2.75) is 26.0 Å². The first kappa shape index (κ1) is 21.2. The van der Waals surface area contributed by atoms with E-state index in [1.54, 1.807) is 39.5 Å². The highest BCUT2D eigenvalue weighted by Gasteiger charge is 2.23. The van der Waals surface area contributed by atoms with Crippen molar-refractivity contribution in [3.8, 4) is 11.5 Å². The SMILES string of the molecule is COCc1ccc(CN2CCC[C@H](CNC(=O)c3cccc(OC)c3OC)C2)o1. The van der Waals surface area contributed by atoms with Crippen LogP contribution in [0.15, 0.2) is 34.7 Å². The lowest BCUT2D eigenvalue weighted by atomic mass is 9.97. The zero-order valence-corrected chi connectivity index (χ0v) is 17.4. The van der Waals surface area contributed by atoms with Crippen LogP contribution in [-0.2, 0) is 17.9 Å². The number of rotatable bonds is 9. The van der Waals surface area contributed by atoms with Gasteiger partial charge >= 0.3 is 0 Å². The van der Waals surface area contributed by atoms with E-state index in [1.165, 1.54) is 0 Å². The summed E-state index contributed by atoms with van der Waals surface area (Å²) in [6.45, 7) is 3.85. The average Bonchev–Trinajstić information content (AvgIpc) is 3.18. The molecule has 1 aromatic carbocycles. The standard InChI is InChI=1S/C22H30N2O5/c1-26-15-18-10-9-17(29-18)14-24-11-5-6-16(13-24)12-23-22(25)19-7-4-8-20(27-2)21(19)28-3/h4,7-10,16H,5-6,11-15H2,1-3H3,(H,23,25)/t16-/m1/s1. The number of hydrogen-bond acceptors (Lipinski definition) is 6. The van der Waals surface area contributed by atoms with Crippen LogP contribution in [0.5, 0.6) is 11.5 Å². The molecular weight excluding hydrogens is 372 g/mol. The maximum Gasteiger partial charge on any atom is 0.255 e. The van der Waals surface area contributed by atoms with Crippen LogP contribution in [0.4, 0.5) is 0 Å². The number of likely N-dealkylation sites (tertiary alicyclic amines) is 1. The number of nitrogens with zero attached hydrogens (tertiary/aromatic N) is 1. The van der Waals surface area contributed by atoms with E-state index in [0.29, 0.717) is 36.1 Å². The van der Waals surface area contributed by atoms with Crippen LogP contribution < -0.4 is 14.8 Å². The fourth-order valence-electron chi connectivity index (χ4n) is 3.81. The Kier molecular flexibility index (Phi) is 7.55. The summed E-state index contributed by atoms with van der Waals surface area (Å²) in [6.07, 6.45) is 2.20. The molecular formula is C22H30N2O5. The van der Waals surface area contributed by atoms with Crippen LogP contribution in [0, 0.1) is 5.92 Å². The zero-order valence-electron chi connectivity index (χ0n) is 17.4. The van der Waals surface area contributed by atoms with Gasteiger partial charge in [0.2, 0.25) is 0 Å². The van der Waals surface area contributed by atoms with Crippen LogP contribution in [0.25, 0.3) is 0 Å². The molecule has 1 aromatic heterocycles. The Bertz CT molecular complexity index is 804. The van der Waals surface area contributed by atoms with Gasteiger partial charge in [-0.15, -0.1) is 0 Å². The normalized spacial score (nSPS) is 17.1. The minimum absolute atomic E-state index is 0.145. The van der Waals surface area contributed by atoms with E-state index in [0.717, 1.165) is 44.0 Å². The maximum atomic E-state index is 12.7. The Morgan fingerprint density at radius 2 is 2.00 bits per heavy atom. The van der Waals surface area contributed by atoms with E-state index >= 15 is 0 Å². The van der Waals surface area contributed by atoms with Gasteiger partial charge in [0.1, 0.15) is 18.1 Å². The number of piperidine rings is 1. The van der Waals surface area contributed by atoms with Crippen LogP contribution in [0.2, 0.25) is 0 Å². The average molecular weight is 402 g/mol. The number of carbonyl (C=O) groups excluding carboxylic acids is 1. The van der Waals surface area contributed by atoms with Gasteiger partial charge in [0.25, 0.3) is 5.91 Å². The molecule has 0 aliphatic carbocycles. The molecule has 1 saturated heterocycles. The second kappa shape index (κ2) is 10.3. The van der Waals surface area contributed by atoms with Crippen LogP contribution in [0.3, 0.4) is 0 Å². The topological polar surface area (TPSA) is 73.2 Å². The summed E-state index contributed by atoms with van der Waals surface area (Å²) in [5.74, 6) is 3.06. The molecule has 2 heterocycles. The minimum atomic E-state index is -0.145. The van der Waals surface area contributed by atoms with E-state index in [-0.39, 0.29) is 5.91 Å². The number of nitrogens with one attached hydrogen (secondary N) is 1. The molecule has 3 rings (SSSR count). The molecule has 1 aliphatic heterocycles. The third-order valence-corrected chi connectivity index (χ3v) is 5.19. The van der Waals surface area contributed by atoms with E-state index in [9.17, 15) is 4.79 Å². The van der Waals surface area contributed by atoms with Gasteiger partial charge in [0.05, 0.1) is 26.3 Å².